The first-order valence-corrected chi connectivity index (χ1v) is 5.96. The Morgan fingerprint density at radius 3 is 2.76 bits per heavy atom. The molecule has 2 nitrogen and oxygen atoms in total. The van der Waals surface area contributed by atoms with Crippen molar-refractivity contribution in [3.05, 3.63) is 42.7 Å². The second-order valence-electron chi connectivity index (χ2n) is 4.32. The Balaban J connectivity index is 2.12. The van der Waals surface area contributed by atoms with Gasteiger partial charge in [-0.3, -0.25) is 4.98 Å². The number of halogens is 1. The van der Waals surface area contributed by atoms with Gasteiger partial charge in [0.25, 0.3) is 0 Å². The van der Waals surface area contributed by atoms with Crippen molar-refractivity contribution in [2.45, 2.75) is 12.8 Å². The molecule has 2 heterocycles. The average molecular weight is 229 g/mol. The van der Waals surface area contributed by atoms with E-state index in [1.165, 1.54) is 6.07 Å². The quantitative estimate of drug-likeness (QED) is 0.746. The van der Waals surface area contributed by atoms with Crippen molar-refractivity contribution in [2.75, 3.05) is 18.0 Å². The van der Waals surface area contributed by atoms with Gasteiger partial charge >= 0.3 is 0 Å². The smallest absolute Gasteiger partial charge is 0.132 e. The van der Waals surface area contributed by atoms with Gasteiger partial charge in [0.15, 0.2) is 0 Å². The SMILES string of the molecule is Fc1ccc(N2CC[CH]CC2)c2ncccc12. The number of anilines is 1. The molecule has 1 aromatic carbocycles. The molecule has 3 rings (SSSR count). The molecule has 0 unspecified atom stereocenters. The second kappa shape index (κ2) is 4.32. The van der Waals surface area contributed by atoms with E-state index < -0.39 is 0 Å². The third kappa shape index (κ3) is 1.86. The van der Waals surface area contributed by atoms with Gasteiger partial charge < -0.3 is 4.90 Å². The molecule has 1 fully saturated rings. The van der Waals surface area contributed by atoms with Crippen molar-refractivity contribution in [3.8, 4) is 0 Å². The van der Waals surface area contributed by atoms with Gasteiger partial charge in [-0.05, 0) is 43.5 Å². The van der Waals surface area contributed by atoms with Crippen LogP contribution in [0.1, 0.15) is 12.8 Å². The van der Waals surface area contributed by atoms with E-state index in [1.54, 1.807) is 18.3 Å². The Hall–Kier alpha value is -1.64. The Bertz CT molecular complexity index is 533. The summed E-state index contributed by atoms with van der Waals surface area (Å²) in [5.41, 5.74) is 1.82. The van der Waals surface area contributed by atoms with Gasteiger partial charge in [0.05, 0.1) is 11.2 Å². The molecule has 0 saturated carbocycles. The van der Waals surface area contributed by atoms with Crippen LogP contribution in [0.5, 0.6) is 0 Å². The number of nitrogens with zero attached hydrogens (tertiary/aromatic N) is 2. The molecule has 0 amide bonds. The van der Waals surface area contributed by atoms with E-state index in [-0.39, 0.29) is 5.82 Å². The molecule has 1 radical (unpaired) electrons. The van der Waals surface area contributed by atoms with Crippen molar-refractivity contribution in [2.24, 2.45) is 0 Å². The van der Waals surface area contributed by atoms with Crippen LogP contribution in [-0.2, 0) is 0 Å². The highest BCUT2D eigenvalue weighted by molar-refractivity contribution is 5.91. The Morgan fingerprint density at radius 1 is 1.12 bits per heavy atom. The molecule has 0 N–H and O–H groups in total. The predicted molar refractivity (Wildman–Crippen MR) is 67.4 cm³/mol. The van der Waals surface area contributed by atoms with Crippen molar-refractivity contribution >= 4 is 16.6 Å². The number of hydrogen-bond acceptors (Lipinski definition) is 2. The molecule has 17 heavy (non-hydrogen) atoms. The molecule has 0 bridgehead atoms. The van der Waals surface area contributed by atoms with Crippen molar-refractivity contribution in [3.63, 3.8) is 0 Å². The minimum atomic E-state index is -0.194. The molecule has 1 aliphatic heterocycles. The molecule has 2 aromatic rings. The van der Waals surface area contributed by atoms with E-state index >= 15 is 0 Å². The van der Waals surface area contributed by atoms with E-state index in [1.807, 2.05) is 6.07 Å². The lowest BCUT2D eigenvalue weighted by molar-refractivity contribution is 0.638. The van der Waals surface area contributed by atoms with E-state index in [0.29, 0.717) is 5.39 Å². The normalized spacial score (nSPS) is 16.4. The van der Waals surface area contributed by atoms with Gasteiger partial charge in [0, 0.05) is 24.7 Å². The lowest BCUT2D eigenvalue weighted by Crippen LogP contribution is -2.29. The summed E-state index contributed by atoms with van der Waals surface area (Å²) in [5, 5.41) is 0.611. The van der Waals surface area contributed by atoms with Crippen LogP contribution in [0.4, 0.5) is 10.1 Å². The van der Waals surface area contributed by atoms with Crippen molar-refractivity contribution in [1.29, 1.82) is 0 Å². The second-order valence-corrected chi connectivity index (χ2v) is 4.32. The van der Waals surface area contributed by atoms with Crippen LogP contribution in [0.25, 0.3) is 10.9 Å². The fourth-order valence-corrected chi connectivity index (χ4v) is 2.37. The number of benzene rings is 1. The maximum Gasteiger partial charge on any atom is 0.132 e. The molecule has 3 heteroatoms. The maximum atomic E-state index is 13.7. The van der Waals surface area contributed by atoms with Crippen molar-refractivity contribution in [1.82, 2.24) is 4.98 Å². The third-order valence-corrected chi connectivity index (χ3v) is 3.24. The van der Waals surface area contributed by atoms with E-state index in [2.05, 4.69) is 16.3 Å². The Morgan fingerprint density at radius 2 is 1.94 bits per heavy atom. The molecule has 87 valence electrons. The molecule has 1 aromatic heterocycles. The first kappa shape index (κ1) is 10.5. The number of hydrogen-bond donors (Lipinski definition) is 0. The van der Waals surface area contributed by atoms with Gasteiger partial charge in [-0.2, -0.15) is 0 Å². The largest absolute Gasteiger partial charge is 0.370 e. The van der Waals surface area contributed by atoms with E-state index in [0.717, 1.165) is 37.1 Å². The highest BCUT2D eigenvalue weighted by Gasteiger charge is 2.15. The number of fused-ring (bicyclic) bond motifs is 1. The summed E-state index contributed by atoms with van der Waals surface area (Å²) >= 11 is 0. The number of aromatic nitrogens is 1. The fourth-order valence-electron chi connectivity index (χ4n) is 2.37. The summed E-state index contributed by atoms with van der Waals surface area (Å²) in [6.07, 6.45) is 6.20. The zero-order valence-corrected chi connectivity index (χ0v) is 9.56. The average Bonchev–Trinajstić information content (AvgIpc) is 2.41. The highest BCUT2D eigenvalue weighted by atomic mass is 19.1. The van der Waals surface area contributed by atoms with Crippen LogP contribution in [0.3, 0.4) is 0 Å². The fraction of sp³-hybridized carbons (Fsp3) is 0.286. The molecular formula is C14H14FN2. The Kier molecular flexibility index (Phi) is 2.67. The minimum Gasteiger partial charge on any atom is -0.370 e. The molecule has 1 aliphatic rings. The zero-order chi connectivity index (χ0) is 11.7. The van der Waals surface area contributed by atoms with Crippen LogP contribution in [0.15, 0.2) is 30.5 Å². The Labute approximate surface area is 100 Å². The summed E-state index contributed by atoms with van der Waals surface area (Å²) in [6, 6.07) is 6.95. The van der Waals surface area contributed by atoms with Crippen LogP contribution in [0.2, 0.25) is 0 Å². The number of pyridine rings is 1. The molecular weight excluding hydrogens is 215 g/mol. The molecule has 1 saturated heterocycles. The first-order valence-electron chi connectivity index (χ1n) is 5.96. The monoisotopic (exact) mass is 229 g/mol. The summed E-state index contributed by atoms with van der Waals surface area (Å²) in [6.45, 7) is 1.99. The van der Waals surface area contributed by atoms with Crippen LogP contribution in [-0.4, -0.2) is 18.1 Å². The van der Waals surface area contributed by atoms with Gasteiger partial charge in [-0.1, -0.05) is 0 Å². The number of rotatable bonds is 1. The number of piperidine rings is 1. The van der Waals surface area contributed by atoms with E-state index in [4.69, 9.17) is 0 Å². The summed E-state index contributed by atoms with van der Waals surface area (Å²) in [5.74, 6) is -0.194. The zero-order valence-electron chi connectivity index (χ0n) is 9.56. The minimum absolute atomic E-state index is 0.194. The van der Waals surface area contributed by atoms with Crippen LogP contribution >= 0.6 is 0 Å². The predicted octanol–water partition coefficient (Wildman–Crippen LogP) is 3.18. The lowest BCUT2D eigenvalue weighted by Gasteiger charge is -2.29. The van der Waals surface area contributed by atoms with E-state index in [9.17, 15) is 4.39 Å². The standard InChI is InChI=1S/C14H14FN2/c15-12-6-7-13(17-9-2-1-3-10-17)14-11(12)5-4-8-16-14/h1,4-8H,2-3,9-10H2. The summed E-state index contributed by atoms with van der Waals surface area (Å²) < 4.78 is 13.7. The van der Waals surface area contributed by atoms with Gasteiger partial charge in [0.1, 0.15) is 5.82 Å². The molecule has 0 atom stereocenters. The van der Waals surface area contributed by atoms with Crippen molar-refractivity contribution < 1.29 is 4.39 Å². The van der Waals surface area contributed by atoms with Gasteiger partial charge in [0.2, 0.25) is 0 Å². The van der Waals surface area contributed by atoms with Gasteiger partial charge in [-0.25, -0.2) is 4.39 Å². The van der Waals surface area contributed by atoms with Gasteiger partial charge in [-0.15, -0.1) is 0 Å². The highest BCUT2D eigenvalue weighted by Crippen LogP contribution is 2.28. The van der Waals surface area contributed by atoms with Crippen LogP contribution < -0.4 is 4.90 Å². The first-order chi connectivity index (χ1) is 8.36. The summed E-state index contributed by atoms with van der Waals surface area (Å²) in [4.78, 5) is 6.61. The summed E-state index contributed by atoms with van der Waals surface area (Å²) in [7, 11) is 0. The topological polar surface area (TPSA) is 16.1 Å². The third-order valence-electron chi connectivity index (χ3n) is 3.24. The lowest BCUT2D eigenvalue weighted by atomic mass is 10.1. The molecule has 0 aliphatic carbocycles. The molecule has 0 spiro atoms. The van der Waals surface area contributed by atoms with Crippen LogP contribution in [0, 0.1) is 12.2 Å². The maximum absolute atomic E-state index is 13.7.